The normalized spacial score (nSPS) is 21.2. The average molecular weight is 272 g/mol. The topological polar surface area (TPSA) is 32.3 Å². The van der Waals surface area contributed by atoms with Gasteiger partial charge < -0.3 is 10.2 Å². The van der Waals surface area contributed by atoms with E-state index in [1.807, 2.05) is 4.90 Å². The van der Waals surface area contributed by atoms with Crippen molar-refractivity contribution in [2.45, 2.75) is 52.2 Å². The Labute approximate surface area is 117 Å². The van der Waals surface area contributed by atoms with Gasteiger partial charge in [0.05, 0.1) is 0 Å². The number of carbonyl (C=O) groups is 1. The molecule has 0 bridgehead atoms. The number of amides is 2. The molecule has 1 fully saturated rings. The number of nitrogens with zero attached hydrogens (tertiary/aromatic N) is 1. The van der Waals surface area contributed by atoms with Crippen molar-refractivity contribution in [3.63, 3.8) is 0 Å². The summed E-state index contributed by atoms with van der Waals surface area (Å²) in [4.78, 5) is 13.9. The van der Waals surface area contributed by atoms with E-state index in [4.69, 9.17) is 0 Å². The predicted octanol–water partition coefficient (Wildman–Crippen LogP) is 3.16. The Kier molecular flexibility index (Phi) is 4.98. The zero-order valence-electron chi connectivity index (χ0n) is 12.4. The van der Waals surface area contributed by atoms with Gasteiger partial charge in [-0.05, 0) is 24.2 Å². The Morgan fingerprint density at radius 2 is 2.00 bits per heavy atom. The van der Waals surface area contributed by atoms with Crippen LogP contribution in [0.5, 0.6) is 0 Å². The van der Waals surface area contributed by atoms with Crippen molar-refractivity contribution in [2.75, 3.05) is 19.6 Å². The van der Waals surface area contributed by atoms with Crippen molar-refractivity contribution >= 4 is 18.7 Å². The lowest BCUT2D eigenvalue weighted by Gasteiger charge is -2.32. The molecule has 3 nitrogen and oxygen atoms in total. The Hall–Kier alpha value is -0.380. The summed E-state index contributed by atoms with van der Waals surface area (Å²) in [6.45, 7) is 13.3. The summed E-state index contributed by atoms with van der Waals surface area (Å²) in [6.07, 6.45) is 2.10. The van der Waals surface area contributed by atoms with Crippen LogP contribution in [0.1, 0.15) is 47.5 Å². The van der Waals surface area contributed by atoms with Gasteiger partial charge in [-0.2, -0.15) is 12.6 Å². The molecule has 0 radical (unpaired) electrons. The van der Waals surface area contributed by atoms with Crippen molar-refractivity contribution in [1.29, 1.82) is 0 Å². The summed E-state index contributed by atoms with van der Waals surface area (Å²) in [5, 5.41) is 3.06. The highest BCUT2D eigenvalue weighted by Gasteiger charge is 2.28. The fourth-order valence-electron chi connectivity index (χ4n) is 2.78. The minimum Gasteiger partial charge on any atom is -0.337 e. The molecule has 0 aromatic rings. The summed E-state index contributed by atoms with van der Waals surface area (Å²) >= 11 is 4.57. The van der Waals surface area contributed by atoms with E-state index in [1.165, 1.54) is 0 Å². The van der Waals surface area contributed by atoms with Crippen LogP contribution >= 0.6 is 12.6 Å². The lowest BCUT2D eigenvalue weighted by molar-refractivity contribution is 0.198. The first-order valence-electron chi connectivity index (χ1n) is 6.84. The third-order valence-electron chi connectivity index (χ3n) is 3.34. The van der Waals surface area contributed by atoms with Gasteiger partial charge in [0.25, 0.3) is 0 Å². The van der Waals surface area contributed by atoms with Crippen LogP contribution in [0.3, 0.4) is 0 Å². The van der Waals surface area contributed by atoms with E-state index in [2.05, 4.69) is 52.6 Å². The average Bonchev–Trinajstić information content (AvgIpc) is 2.57. The molecule has 18 heavy (non-hydrogen) atoms. The second-order valence-electron chi connectivity index (χ2n) is 7.15. The SMILES string of the molecule is CC1CCN(C(=O)NCC(C)(C)CC(C)(C)S)C1. The van der Waals surface area contributed by atoms with Crippen molar-refractivity contribution in [3.05, 3.63) is 0 Å². The fourth-order valence-corrected chi connectivity index (χ4v) is 3.21. The molecule has 1 aliphatic rings. The maximum Gasteiger partial charge on any atom is 0.317 e. The number of hydrogen-bond acceptors (Lipinski definition) is 2. The summed E-state index contributed by atoms with van der Waals surface area (Å²) in [7, 11) is 0. The second-order valence-corrected chi connectivity index (χ2v) is 8.36. The van der Waals surface area contributed by atoms with E-state index in [1.54, 1.807) is 0 Å². The van der Waals surface area contributed by atoms with Crippen LogP contribution in [0, 0.1) is 11.3 Å². The molecule has 1 rings (SSSR count). The molecule has 1 aliphatic heterocycles. The van der Waals surface area contributed by atoms with E-state index >= 15 is 0 Å². The maximum atomic E-state index is 12.0. The molecule has 1 heterocycles. The predicted molar refractivity (Wildman–Crippen MR) is 80.2 cm³/mol. The summed E-state index contributed by atoms with van der Waals surface area (Å²) < 4.78 is -0.00359. The number of rotatable bonds is 4. The first-order chi connectivity index (χ1) is 8.09. The molecule has 0 aromatic carbocycles. The molecule has 106 valence electrons. The number of thiol groups is 1. The summed E-state index contributed by atoms with van der Waals surface area (Å²) in [5.74, 6) is 0.639. The minimum atomic E-state index is -0.00359. The highest BCUT2D eigenvalue weighted by atomic mass is 32.1. The fraction of sp³-hybridized carbons (Fsp3) is 0.929. The highest BCUT2D eigenvalue weighted by molar-refractivity contribution is 7.81. The van der Waals surface area contributed by atoms with E-state index in [-0.39, 0.29) is 16.2 Å². The first-order valence-corrected chi connectivity index (χ1v) is 7.29. The molecule has 1 unspecified atom stereocenters. The first kappa shape index (κ1) is 15.7. The van der Waals surface area contributed by atoms with Crippen LogP contribution in [-0.2, 0) is 0 Å². The van der Waals surface area contributed by atoms with E-state index < -0.39 is 0 Å². The molecule has 1 saturated heterocycles. The minimum absolute atomic E-state index is 0.00359. The Balaban J connectivity index is 2.37. The largest absolute Gasteiger partial charge is 0.337 e. The van der Waals surface area contributed by atoms with Crippen LogP contribution < -0.4 is 5.32 Å². The smallest absolute Gasteiger partial charge is 0.317 e. The third-order valence-corrected chi connectivity index (χ3v) is 3.50. The van der Waals surface area contributed by atoms with Gasteiger partial charge in [-0.25, -0.2) is 4.79 Å². The highest BCUT2D eigenvalue weighted by Crippen LogP contribution is 2.31. The van der Waals surface area contributed by atoms with Gasteiger partial charge in [0.15, 0.2) is 0 Å². The van der Waals surface area contributed by atoms with E-state index in [9.17, 15) is 4.79 Å². The van der Waals surface area contributed by atoms with Gasteiger partial charge in [-0.3, -0.25) is 0 Å². The van der Waals surface area contributed by atoms with Gasteiger partial charge in [-0.1, -0.05) is 34.6 Å². The van der Waals surface area contributed by atoms with Crippen molar-refractivity contribution in [1.82, 2.24) is 10.2 Å². The maximum absolute atomic E-state index is 12.0. The molecule has 1 atom stereocenters. The Morgan fingerprint density at radius 1 is 1.39 bits per heavy atom. The molecule has 0 spiro atoms. The molecule has 0 saturated carbocycles. The number of nitrogens with one attached hydrogen (secondary N) is 1. The summed E-state index contributed by atoms with van der Waals surface area (Å²) in [6, 6.07) is 0.0874. The Morgan fingerprint density at radius 3 is 2.44 bits per heavy atom. The van der Waals surface area contributed by atoms with Gasteiger partial charge in [0.1, 0.15) is 0 Å². The molecule has 0 aromatic heterocycles. The lowest BCUT2D eigenvalue weighted by atomic mass is 9.83. The van der Waals surface area contributed by atoms with Crippen LogP contribution in [0.15, 0.2) is 0 Å². The van der Waals surface area contributed by atoms with Gasteiger partial charge in [-0.15, -0.1) is 0 Å². The molecule has 2 amide bonds. The lowest BCUT2D eigenvalue weighted by Crippen LogP contribution is -2.43. The van der Waals surface area contributed by atoms with Crippen molar-refractivity contribution in [2.24, 2.45) is 11.3 Å². The molecule has 1 N–H and O–H groups in total. The van der Waals surface area contributed by atoms with Crippen LogP contribution in [0.25, 0.3) is 0 Å². The standard InChI is InChI=1S/C14H28N2OS/c1-11-6-7-16(8-11)12(17)15-10-13(2,3)9-14(4,5)18/h11,18H,6-10H2,1-5H3,(H,15,17). The van der Waals surface area contributed by atoms with Crippen molar-refractivity contribution in [3.8, 4) is 0 Å². The van der Waals surface area contributed by atoms with Gasteiger partial charge >= 0.3 is 6.03 Å². The number of urea groups is 1. The summed E-state index contributed by atoms with van der Waals surface area (Å²) in [5.41, 5.74) is 0.0756. The zero-order chi connectivity index (χ0) is 14.0. The number of carbonyl (C=O) groups excluding carboxylic acids is 1. The van der Waals surface area contributed by atoms with E-state index in [0.29, 0.717) is 12.5 Å². The van der Waals surface area contributed by atoms with Crippen molar-refractivity contribution < 1.29 is 4.79 Å². The monoisotopic (exact) mass is 272 g/mol. The molecular weight excluding hydrogens is 244 g/mol. The second kappa shape index (κ2) is 5.72. The molecular formula is C14H28N2OS. The Bertz CT molecular complexity index is 297. The van der Waals surface area contributed by atoms with Crippen LogP contribution in [0.4, 0.5) is 4.79 Å². The number of likely N-dealkylation sites (tertiary alicyclic amines) is 1. The molecule has 0 aliphatic carbocycles. The number of hydrogen-bond donors (Lipinski definition) is 2. The van der Waals surface area contributed by atoms with Crippen LogP contribution in [-0.4, -0.2) is 35.3 Å². The van der Waals surface area contributed by atoms with Gasteiger partial charge in [0, 0.05) is 24.4 Å². The van der Waals surface area contributed by atoms with E-state index in [0.717, 1.165) is 25.9 Å². The third kappa shape index (κ3) is 5.51. The van der Waals surface area contributed by atoms with Gasteiger partial charge in [0.2, 0.25) is 0 Å². The molecule has 4 heteroatoms. The quantitative estimate of drug-likeness (QED) is 0.757. The van der Waals surface area contributed by atoms with Crippen LogP contribution in [0.2, 0.25) is 0 Å². The zero-order valence-corrected chi connectivity index (χ0v) is 13.3.